The molecular formula is C14H26N2O. The Hall–Kier alpha value is -0.570. The maximum Gasteiger partial charge on any atom is 0.221 e. The van der Waals surface area contributed by atoms with E-state index in [0.29, 0.717) is 18.5 Å². The van der Waals surface area contributed by atoms with E-state index in [4.69, 9.17) is 0 Å². The number of hydrogen-bond donors (Lipinski definition) is 2. The second kappa shape index (κ2) is 5.85. The number of hydrogen-bond acceptors (Lipinski definition) is 2. The van der Waals surface area contributed by atoms with Crippen LogP contribution >= 0.6 is 0 Å². The fourth-order valence-corrected chi connectivity index (χ4v) is 2.66. The summed E-state index contributed by atoms with van der Waals surface area (Å²) in [5.41, 5.74) is 0. The van der Waals surface area contributed by atoms with Crippen molar-refractivity contribution >= 4 is 5.91 Å². The summed E-state index contributed by atoms with van der Waals surface area (Å²) in [5.74, 6) is 1.79. The molecule has 0 saturated heterocycles. The van der Waals surface area contributed by atoms with E-state index in [-0.39, 0.29) is 5.91 Å². The Labute approximate surface area is 105 Å². The first kappa shape index (κ1) is 12.9. The number of carbonyl (C=O) groups excluding carboxylic acids is 1. The summed E-state index contributed by atoms with van der Waals surface area (Å²) in [6.45, 7) is 5.47. The summed E-state index contributed by atoms with van der Waals surface area (Å²) in [6, 6.07) is 1.13. The molecule has 2 N–H and O–H groups in total. The average molecular weight is 238 g/mol. The predicted octanol–water partition coefficient (Wildman–Crippen LogP) is 2.07. The Morgan fingerprint density at radius 1 is 1.06 bits per heavy atom. The van der Waals surface area contributed by atoms with Gasteiger partial charge in [-0.2, -0.15) is 0 Å². The standard InChI is InChI=1S/C14H26N2O/c1-10-3-4-13(9-11(10)2)16-14(17)7-8-15-12-5-6-12/h10-13,15H,3-9H2,1-2H3,(H,16,17). The molecule has 0 aliphatic heterocycles. The fraction of sp³-hybridized carbons (Fsp3) is 0.929. The minimum absolute atomic E-state index is 0.227. The molecule has 1 amide bonds. The van der Waals surface area contributed by atoms with Crippen LogP contribution in [-0.2, 0) is 4.79 Å². The molecule has 17 heavy (non-hydrogen) atoms. The highest BCUT2D eigenvalue weighted by Crippen LogP contribution is 2.29. The maximum atomic E-state index is 11.8. The van der Waals surface area contributed by atoms with Gasteiger partial charge in [-0.1, -0.05) is 13.8 Å². The zero-order chi connectivity index (χ0) is 12.3. The normalized spacial score (nSPS) is 33.4. The molecule has 2 aliphatic carbocycles. The molecule has 2 rings (SSSR count). The number of amides is 1. The van der Waals surface area contributed by atoms with Crippen LogP contribution in [0.15, 0.2) is 0 Å². The molecule has 98 valence electrons. The minimum Gasteiger partial charge on any atom is -0.353 e. The first-order chi connectivity index (χ1) is 8.15. The topological polar surface area (TPSA) is 41.1 Å². The van der Waals surface area contributed by atoms with Gasteiger partial charge >= 0.3 is 0 Å². The van der Waals surface area contributed by atoms with Gasteiger partial charge in [0, 0.05) is 25.0 Å². The van der Waals surface area contributed by atoms with Crippen molar-refractivity contribution in [1.82, 2.24) is 10.6 Å². The Morgan fingerprint density at radius 2 is 1.76 bits per heavy atom. The van der Waals surface area contributed by atoms with Crippen molar-refractivity contribution in [1.29, 1.82) is 0 Å². The molecule has 0 aromatic rings. The van der Waals surface area contributed by atoms with Crippen molar-refractivity contribution in [2.75, 3.05) is 6.54 Å². The summed E-state index contributed by atoms with van der Waals surface area (Å²) in [6.07, 6.45) is 6.79. The summed E-state index contributed by atoms with van der Waals surface area (Å²) in [5, 5.41) is 6.56. The van der Waals surface area contributed by atoms with Crippen LogP contribution in [-0.4, -0.2) is 24.5 Å². The fourth-order valence-electron chi connectivity index (χ4n) is 2.66. The lowest BCUT2D eigenvalue weighted by molar-refractivity contribution is -0.122. The van der Waals surface area contributed by atoms with Crippen LogP contribution < -0.4 is 10.6 Å². The summed E-state index contributed by atoms with van der Waals surface area (Å²) >= 11 is 0. The molecule has 0 heterocycles. The van der Waals surface area contributed by atoms with E-state index in [9.17, 15) is 4.79 Å². The lowest BCUT2D eigenvalue weighted by Crippen LogP contribution is -2.40. The Morgan fingerprint density at radius 3 is 2.41 bits per heavy atom. The number of nitrogens with one attached hydrogen (secondary N) is 2. The maximum absolute atomic E-state index is 11.8. The third-order valence-corrected chi connectivity index (χ3v) is 4.33. The lowest BCUT2D eigenvalue weighted by Gasteiger charge is -2.32. The molecule has 2 aliphatic rings. The Balaban J connectivity index is 1.60. The van der Waals surface area contributed by atoms with Gasteiger partial charge in [-0.25, -0.2) is 0 Å². The Kier molecular flexibility index (Phi) is 4.43. The summed E-state index contributed by atoms with van der Waals surface area (Å²) in [4.78, 5) is 11.8. The molecule has 3 heteroatoms. The van der Waals surface area contributed by atoms with Gasteiger partial charge in [-0.3, -0.25) is 4.79 Å². The van der Waals surface area contributed by atoms with Crippen molar-refractivity contribution in [2.24, 2.45) is 11.8 Å². The zero-order valence-electron chi connectivity index (χ0n) is 11.2. The summed E-state index contributed by atoms with van der Waals surface area (Å²) in [7, 11) is 0. The van der Waals surface area contributed by atoms with E-state index in [1.165, 1.54) is 19.3 Å². The monoisotopic (exact) mass is 238 g/mol. The van der Waals surface area contributed by atoms with Crippen LogP contribution in [0.5, 0.6) is 0 Å². The van der Waals surface area contributed by atoms with Gasteiger partial charge in [0.25, 0.3) is 0 Å². The smallest absolute Gasteiger partial charge is 0.221 e. The third kappa shape index (κ3) is 4.30. The molecule has 2 fully saturated rings. The molecule has 3 nitrogen and oxygen atoms in total. The molecule has 3 atom stereocenters. The first-order valence-electron chi connectivity index (χ1n) is 7.18. The van der Waals surface area contributed by atoms with Crippen LogP contribution in [0.2, 0.25) is 0 Å². The Bertz CT molecular complexity index is 263. The quantitative estimate of drug-likeness (QED) is 0.770. The van der Waals surface area contributed by atoms with Gasteiger partial charge in [0.05, 0.1) is 0 Å². The molecule has 3 unspecified atom stereocenters. The van der Waals surface area contributed by atoms with Gasteiger partial charge in [-0.15, -0.1) is 0 Å². The van der Waals surface area contributed by atoms with E-state index in [1.807, 2.05) is 0 Å². The van der Waals surface area contributed by atoms with Crippen molar-refractivity contribution in [3.05, 3.63) is 0 Å². The largest absolute Gasteiger partial charge is 0.353 e. The van der Waals surface area contributed by atoms with Crippen molar-refractivity contribution in [3.63, 3.8) is 0 Å². The SMILES string of the molecule is CC1CCC(NC(=O)CCNC2CC2)CC1C. The second-order valence-corrected chi connectivity index (χ2v) is 6.01. The van der Waals surface area contributed by atoms with Gasteiger partial charge in [0.15, 0.2) is 0 Å². The predicted molar refractivity (Wildman–Crippen MR) is 69.8 cm³/mol. The molecule has 0 bridgehead atoms. The van der Waals surface area contributed by atoms with E-state index in [0.717, 1.165) is 31.2 Å². The zero-order valence-corrected chi connectivity index (χ0v) is 11.2. The number of rotatable bonds is 5. The second-order valence-electron chi connectivity index (χ2n) is 6.01. The van der Waals surface area contributed by atoms with Crippen molar-refractivity contribution < 1.29 is 4.79 Å². The van der Waals surface area contributed by atoms with Crippen molar-refractivity contribution in [2.45, 2.75) is 64.5 Å². The van der Waals surface area contributed by atoms with E-state index in [2.05, 4.69) is 24.5 Å². The highest BCUT2D eigenvalue weighted by atomic mass is 16.1. The minimum atomic E-state index is 0.227. The van der Waals surface area contributed by atoms with Crippen LogP contribution in [0.1, 0.15) is 52.4 Å². The number of carbonyl (C=O) groups is 1. The average Bonchev–Trinajstić information content (AvgIpc) is 3.07. The van der Waals surface area contributed by atoms with Gasteiger partial charge < -0.3 is 10.6 Å². The van der Waals surface area contributed by atoms with Crippen LogP contribution in [0.4, 0.5) is 0 Å². The molecular weight excluding hydrogens is 212 g/mol. The molecule has 0 aromatic carbocycles. The highest BCUT2D eigenvalue weighted by molar-refractivity contribution is 5.76. The van der Waals surface area contributed by atoms with Crippen LogP contribution in [0.3, 0.4) is 0 Å². The molecule has 0 aromatic heterocycles. The highest BCUT2D eigenvalue weighted by Gasteiger charge is 2.25. The molecule has 2 saturated carbocycles. The van der Waals surface area contributed by atoms with Gasteiger partial charge in [0.1, 0.15) is 0 Å². The van der Waals surface area contributed by atoms with Gasteiger partial charge in [-0.05, 0) is 43.9 Å². The van der Waals surface area contributed by atoms with Crippen molar-refractivity contribution in [3.8, 4) is 0 Å². The van der Waals surface area contributed by atoms with E-state index < -0.39 is 0 Å². The molecule has 0 spiro atoms. The molecule has 0 radical (unpaired) electrons. The first-order valence-corrected chi connectivity index (χ1v) is 7.18. The van der Waals surface area contributed by atoms with Crippen LogP contribution in [0, 0.1) is 11.8 Å². The lowest BCUT2D eigenvalue weighted by atomic mass is 9.79. The van der Waals surface area contributed by atoms with E-state index in [1.54, 1.807) is 0 Å². The van der Waals surface area contributed by atoms with E-state index >= 15 is 0 Å². The summed E-state index contributed by atoms with van der Waals surface area (Å²) < 4.78 is 0. The van der Waals surface area contributed by atoms with Gasteiger partial charge in [0.2, 0.25) is 5.91 Å². The third-order valence-electron chi connectivity index (χ3n) is 4.33. The van der Waals surface area contributed by atoms with Crippen LogP contribution in [0.25, 0.3) is 0 Å².